The molecule has 0 heterocycles. The van der Waals surface area contributed by atoms with Gasteiger partial charge in [-0.15, -0.1) is 0 Å². The van der Waals surface area contributed by atoms with Crippen molar-refractivity contribution in [1.29, 1.82) is 0 Å². The van der Waals surface area contributed by atoms with E-state index in [-0.39, 0.29) is 0 Å². The smallest absolute Gasteiger partial charge is 0.119 e. The fraction of sp³-hybridized carbons (Fsp3) is 0.222. The van der Waals surface area contributed by atoms with Crippen molar-refractivity contribution in [3.8, 4) is 5.75 Å². The Hall–Kier alpha value is -1.54. The second-order valence-electron chi connectivity index (χ2n) is 5.57. The van der Waals surface area contributed by atoms with E-state index in [0.29, 0.717) is 0 Å². The molecule has 0 spiro atoms. The molecule has 4 rings (SSSR count). The van der Waals surface area contributed by atoms with Gasteiger partial charge in [0.1, 0.15) is 5.75 Å². The van der Waals surface area contributed by atoms with E-state index in [0.717, 1.165) is 22.7 Å². The summed E-state index contributed by atoms with van der Waals surface area (Å²) in [5, 5.41) is 5.06. The van der Waals surface area contributed by atoms with Crippen LogP contribution < -0.4 is 4.74 Å². The number of hydrogen-bond acceptors (Lipinski definition) is 1. The third-order valence-corrected chi connectivity index (χ3v) is 4.45. The van der Waals surface area contributed by atoms with Crippen molar-refractivity contribution in [2.24, 2.45) is 5.92 Å². The first kappa shape index (κ1) is 12.2. The molecule has 1 aliphatic carbocycles. The zero-order chi connectivity index (χ0) is 13.5. The molecule has 1 fully saturated rings. The van der Waals surface area contributed by atoms with Gasteiger partial charge in [0.2, 0.25) is 0 Å². The molecule has 0 aliphatic heterocycles. The first-order valence-corrected chi connectivity index (χ1v) is 7.84. The number of fused-ring (bicyclic) bond motifs is 3. The number of ether oxygens (including phenoxy) is 1. The maximum atomic E-state index is 5.91. The molecule has 0 N–H and O–H groups in total. The molecule has 100 valence electrons. The van der Waals surface area contributed by atoms with Crippen LogP contribution in [0.2, 0.25) is 0 Å². The van der Waals surface area contributed by atoms with Crippen molar-refractivity contribution in [2.75, 3.05) is 6.61 Å². The lowest BCUT2D eigenvalue weighted by atomic mass is 10.0. The van der Waals surface area contributed by atoms with E-state index in [9.17, 15) is 0 Å². The van der Waals surface area contributed by atoms with Crippen LogP contribution in [0.5, 0.6) is 5.75 Å². The predicted octanol–water partition coefficient (Wildman–Crippen LogP) is 5.54. The summed E-state index contributed by atoms with van der Waals surface area (Å²) in [6.45, 7) is 0.861. The summed E-state index contributed by atoms with van der Waals surface area (Å²) in [6.07, 6.45) is 2.65. The van der Waals surface area contributed by atoms with Gasteiger partial charge in [0, 0.05) is 4.47 Å². The molecule has 1 nitrogen and oxygen atoms in total. The number of halogens is 1. The van der Waals surface area contributed by atoms with Gasteiger partial charge in [0.05, 0.1) is 6.61 Å². The van der Waals surface area contributed by atoms with Gasteiger partial charge in [-0.2, -0.15) is 0 Å². The maximum absolute atomic E-state index is 5.91. The van der Waals surface area contributed by atoms with Gasteiger partial charge >= 0.3 is 0 Å². The minimum absolute atomic E-state index is 0.785. The van der Waals surface area contributed by atoms with Crippen LogP contribution in [0.1, 0.15) is 12.8 Å². The predicted molar refractivity (Wildman–Crippen MR) is 87.4 cm³/mol. The van der Waals surface area contributed by atoms with Gasteiger partial charge in [-0.3, -0.25) is 0 Å². The van der Waals surface area contributed by atoms with Crippen molar-refractivity contribution in [1.82, 2.24) is 0 Å². The number of rotatable bonds is 3. The van der Waals surface area contributed by atoms with Crippen molar-refractivity contribution in [3.05, 3.63) is 53.0 Å². The molecule has 1 aliphatic rings. The first-order chi connectivity index (χ1) is 9.79. The average molecular weight is 327 g/mol. The van der Waals surface area contributed by atoms with Crippen molar-refractivity contribution < 1.29 is 4.74 Å². The van der Waals surface area contributed by atoms with Crippen LogP contribution in [0.15, 0.2) is 53.0 Å². The molecule has 0 saturated heterocycles. The lowest BCUT2D eigenvalue weighted by Gasteiger charge is -2.09. The third kappa shape index (κ3) is 2.29. The van der Waals surface area contributed by atoms with Crippen LogP contribution in [0.3, 0.4) is 0 Å². The van der Waals surface area contributed by atoms with Crippen LogP contribution in [0.25, 0.3) is 21.5 Å². The van der Waals surface area contributed by atoms with E-state index in [1.807, 2.05) is 0 Å². The molecule has 20 heavy (non-hydrogen) atoms. The quantitative estimate of drug-likeness (QED) is 0.574. The van der Waals surface area contributed by atoms with Crippen LogP contribution >= 0.6 is 15.9 Å². The Labute approximate surface area is 126 Å². The van der Waals surface area contributed by atoms with E-state index in [1.54, 1.807) is 0 Å². The Morgan fingerprint density at radius 3 is 2.30 bits per heavy atom. The highest BCUT2D eigenvalue weighted by Gasteiger charge is 2.21. The highest BCUT2D eigenvalue weighted by Crippen LogP contribution is 2.32. The topological polar surface area (TPSA) is 9.23 Å². The summed E-state index contributed by atoms with van der Waals surface area (Å²) in [5.41, 5.74) is 0. The SMILES string of the molecule is Brc1ccc2ccc3ccc(OCC4CC4)cc3c2c1. The summed E-state index contributed by atoms with van der Waals surface area (Å²) < 4.78 is 7.02. The molecule has 0 amide bonds. The monoisotopic (exact) mass is 326 g/mol. The minimum atomic E-state index is 0.785. The Bertz CT molecular complexity index is 790. The average Bonchev–Trinajstić information content (AvgIpc) is 3.29. The normalized spacial score (nSPS) is 14.8. The molecule has 3 aromatic carbocycles. The summed E-state index contributed by atoms with van der Waals surface area (Å²) >= 11 is 3.56. The Morgan fingerprint density at radius 1 is 0.900 bits per heavy atom. The van der Waals surface area contributed by atoms with Crippen molar-refractivity contribution in [3.63, 3.8) is 0 Å². The molecule has 0 bridgehead atoms. The lowest BCUT2D eigenvalue weighted by Crippen LogP contribution is -1.98. The second kappa shape index (κ2) is 4.78. The van der Waals surface area contributed by atoms with Crippen LogP contribution in [0, 0.1) is 5.92 Å². The van der Waals surface area contributed by atoms with E-state index in [2.05, 4.69) is 64.5 Å². The zero-order valence-corrected chi connectivity index (χ0v) is 12.7. The van der Waals surface area contributed by atoms with Crippen LogP contribution in [-0.2, 0) is 0 Å². The van der Waals surface area contributed by atoms with Crippen molar-refractivity contribution in [2.45, 2.75) is 12.8 Å². The molecule has 0 unspecified atom stereocenters. The van der Waals surface area contributed by atoms with Crippen molar-refractivity contribution >= 4 is 37.5 Å². The fourth-order valence-corrected chi connectivity index (χ4v) is 2.95. The summed E-state index contributed by atoms with van der Waals surface area (Å²) in [5.74, 6) is 1.77. The van der Waals surface area contributed by atoms with Gasteiger partial charge in [-0.25, -0.2) is 0 Å². The summed E-state index contributed by atoms with van der Waals surface area (Å²) in [6, 6.07) is 17.2. The van der Waals surface area contributed by atoms with Gasteiger partial charge in [-0.1, -0.05) is 40.2 Å². The third-order valence-electron chi connectivity index (χ3n) is 3.96. The Morgan fingerprint density at radius 2 is 1.55 bits per heavy atom. The molecule has 2 heteroatoms. The maximum Gasteiger partial charge on any atom is 0.119 e. The van der Waals surface area contributed by atoms with E-state index < -0.39 is 0 Å². The number of hydrogen-bond donors (Lipinski definition) is 0. The van der Waals surface area contributed by atoms with Gasteiger partial charge in [-0.05, 0) is 64.6 Å². The van der Waals surface area contributed by atoms with Gasteiger partial charge < -0.3 is 4.74 Å². The molecule has 0 atom stereocenters. The summed E-state index contributed by atoms with van der Waals surface area (Å²) in [4.78, 5) is 0. The summed E-state index contributed by atoms with van der Waals surface area (Å²) in [7, 11) is 0. The highest BCUT2D eigenvalue weighted by atomic mass is 79.9. The lowest BCUT2D eigenvalue weighted by molar-refractivity contribution is 0.300. The largest absolute Gasteiger partial charge is 0.493 e. The molecular weight excluding hydrogens is 312 g/mol. The Kier molecular flexibility index (Phi) is 2.92. The van der Waals surface area contributed by atoms with E-state index >= 15 is 0 Å². The second-order valence-corrected chi connectivity index (χ2v) is 6.48. The fourth-order valence-electron chi connectivity index (χ4n) is 2.59. The highest BCUT2D eigenvalue weighted by molar-refractivity contribution is 9.10. The van der Waals surface area contributed by atoms with Gasteiger partial charge in [0.15, 0.2) is 0 Å². The number of benzene rings is 3. The molecule has 1 saturated carbocycles. The zero-order valence-electron chi connectivity index (χ0n) is 11.1. The molecule has 3 aromatic rings. The minimum Gasteiger partial charge on any atom is -0.493 e. The van der Waals surface area contributed by atoms with E-state index in [1.165, 1.54) is 34.4 Å². The first-order valence-electron chi connectivity index (χ1n) is 7.04. The van der Waals surface area contributed by atoms with E-state index in [4.69, 9.17) is 4.74 Å². The Balaban J connectivity index is 1.84. The van der Waals surface area contributed by atoms with Crippen LogP contribution in [-0.4, -0.2) is 6.61 Å². The molecule has 0 radical (unpaired) electrons. The molecule has 0 aromatic heterocycles. The van der Waals surface area contributed by atoms with Gasteiger partial charge in [0.25, 0.3) is 0 Å². The molecular formula is C18H15BrO. The van der Waals surface area contributed by atoms with Crippen LogP contribution in [0.4, 0.5) is 0 Å². The standard InChI is InChI=1S/C18H15BrO/c19-15-7-5-13-3-4-14-6-8-16(20-11-12-1-2-12)10-18(14)17(13)9-15/h3-10,12H,1-2,11H2.